The molecule has 1 aromatic rings. The number of benzene rings is 1. The van der Waals surface area contributed by atoms with Crippen LogP contribution in [0.5, 0.6) is 0 Å². The zero-order valence-corrected chi connectivity index (χ0v) is 12.0. The number of halogens is 2. The van der Waals surface area contributed by atoms with E-state index in [4.69, 9.17) is 5.26 Å². The molecule has 0 amide bonds. The van der Waals surface area contributed by atoms with E-state index in [1.54, 1.807) is 0 Å². The minimum absolute atomic E-state index is 0.0672. The molecule has 0 aromatic heterocycles. The van der Waals surface area contributed by atoms with Gasteiger partial charge in [0.2, 0.25) is 0 Å². The standard InChI is InChI=1S/C15H20F2N2O/c1-15(2,3)19(8-4-7-18)10-14(20)12-6-5-11(16)9-13(12)17/h5-6,9,14,20H,4,8,10H2,1-3H3. The molecule has 110 valence electrons. The Morgan fingerprint density at radius 1 is 1.35 bits per heavy atom. The number of β-amino-alcohol motifs (C(OH)–C–C–N with tert-alkyl or cyclic N) is 1. The summed E-state index contributed by atoms with van der Waals surface area (Å²) in [4.78, 5) is 1.91. The Bertz CT molecular complexity index is 492. The van der Waals surface area contributed by atoms with Crippen LogP contribution in [0.3, 0.4) is 0 Å². The van der Waals surface area contributed by atoms with Gasteiger partial charge in [-0.1, -0.05) is 6.07 Å². The molecule has 0 radical (unpaired) electrons. The first-order valence-electron chi connectivity index (χ1n) is 6.50. The Balaban J connectivity index is 2.85. The lowest BCUT2D eigenvalue weighted by Gasteiger charge is -2.36. The molecule has 0 spiro atoms. The van der Waals surface area contributed by atoms with Gasteiger partial charge in [-0.15, -0.1) is 0 Å². The van der Waals surface area contributed by atoms with Gasteiger partial charge in [0.05, 0.1) is 12.2 Å². The molecule has 0 heterocycles. The number of nitrogens with zero attached hydrogens (tertiary/aromatic N) is 2. The van der Waals surface area contributed by atoms with Crippen LogP contribution in [0.2, 0.25) is 0 Å². The summed E-state index contributed by atoms with van der Waals surface area (Å²) in [5.41, 5.74) is -0.188. The van der Waals surface area contributed by atoms with Gasteiger partial charge in [0.15, 0.2) is 0 Å². The highest BCUT2D eigenvalue weighted by Crippen LogP contribution is 2.23. The summed E-state index contributed by atoms with van der Waals surface area (Å²) < 4.78 is 26.5. The Morgan fingerprint density at radius 2 is 2.00 bits per heavy atom. The van der Waals surface area contributed by atoms with Crippen molar-refractivity contribution in [1.82, 2.24) is 4.90 Å². The molecule has 1 rings (SSSR count). The zero-order valence-electron chi connectivity index (χ0n) is 12.0. The highest BCUT2D eigenvalue weighted by Gasteiger charge is 2.25. The lowest BCUT2D eigenvalue weighted by atomic mass is 10.0. The van der Waals surface area contributed by atoms with Gasteiger partial charge in [0, 0.05) is 36.7 Å². The van der Waals surface area contributed by atoms with Crippen molar-refractivity contribution in [2.45, 2.75) is 38.8 Å². The summed E-state index contributed by atoms with van der Waals surface area (Å²) in [6.07, 6.45) is -0.732. The molecule has 1 aromatic carbocycles. The number of nitriles is 1. The summed E-state index contributed by atoms with van der Waals surface area (Å²) in [7, 11) is 0. The first-order valence-corrected chi connectivity index (χ1v) is 6.50. The van der Waals surface area contributed by atoms with Crippen molar-refractivity contribution in [3.8, 4) is 6.07 Å². The van der Waals surface area contributed by atoms with E-state index >= 15 is 0 Å². The molecule has 0 aliphatic rings. The molecule has 1 N–H and O–H groups in total. The van der Waals surface area contributed by atoms with Crippen molar-refractivity contribution in [2.24, 2.45) is 0 Å². The van der Waals surface area contributed by atoms with Gasteiger partial charge in [-0.2, -0.15) is 5.26 Å². The van der Waals surface area contributed by atoms with Crippen LogP contribution < -0.4 is 0 Å². The highest BCUT2D eigenvalue weighted by atomic mass is 19.1. The molecule has 0 aliphatic heterocycles. The maximum absolute atomic E-state index is 13.6. The van der Waals surface area contributed by atoms with E-state index in [0.29, 0.717) is 13.0 Å². The van der Waals surface area contributed by atoms with Crippen LogP contribution in [0.4, 0.5) is 8.78 Å². The van der Waals surface area contributed by atoms with Crippen LogP contribution >= 0.6 is 0 Å². The molecule has 0 aliphatic carbocycles. The molecule has 0 bridgehead atoms. The third-order valence-corrected chi connectivity index (χ3v) is 3.16. The van der Waals surface area contributed by atoms with Crippen molar-refractivity contribution in [3.63, 3.8) is 0 Å². The summed E-state index contributed by atoms with van der Waals surface area (Å²) in [6.45, 7) is 6.54. The third-order valence-electron chi connectivity index (χ3n) is 3.16. The number of aliphatic hydroxyl groups is 1. The number of aliphatic hydroxyl groups excluding tert-OH is 1. The Morgan fingerprint density at radius 3 is 2.50 bits per heavy atom. The summed E-state index contributed by atoms with van der Waals surface area (Å²) >= 11 is 0. The molecule has 5 heteroatoms. The minimum atomic E-state index is -1.06. The van der Waals surface area contributed by atoms with Crippen molar-refractivity contribution in [2.75, 3.05) is 13.1 Å². The fourth-order valence-corrected chi connectivity index (χ4v) is 1.96. The Hall–Kier alpha value is -1.51. The number of rotatable bonds is 5. The largest absolute Gasteiger partial charge is 0.387 e. The monoisotopic (exact) mass is 282 g/mol. The predicted molar refractivity (Wildman–Crippen MR) is 72.9 cm³/mol. The Kier molecular flexibility index (Phi) is 5.61. The fourth-order valence-electron chi connectivity index (χ4n) is 1.96. The molecule has 0 saturated heterocycles. The van der Waals surface area contributed by atoms with E-state index in [1.807, 2.05) is 25.7 Å². The quantitative estimate of drug-likeness (QED) is 0.903. The second-order valence-corrected chi connectivity index (χ2v) is 5.71. The maximum Gasteiger partial charge on any atom is 0.131 e. The van der Waals surface area contributed by atoms with Gasteiger partial charge in [0.1, 0.15) is 11.6 Å². The molecule has 1 atom stereocenters. The average molecular weight is 282 g/mol. The van der Waals surface area contributed by atoms with Gasteiger partial charge in [-0.3, -0.25) is 4.90 Å². The molecular weight excluding hydrogens is 262 g/mol. The van der Waals surface area contributed by atoms with E-state index in [1.165, 1.54) is 6.07 Å². The van der Waals surface area contributed by atoms with Gasteiger partial charge < -0.3 is 5.11 Å². The van der Waals surface area contributed by atoms with Crippen LogP contribution in [0, 0.1) is 23.0 Å². The zero-order chi connectivity index (χ0) is 15.3. The SMILES string of the molecule is CC(C)(C)N(CCC#N)CC(O)c1ccc(F)cc1F. The first-order chi connectivity index (χ1) is 9.25. The molecule has 1 unspecified atom stereocenters. The number of hydrogen-bond acceptors (Lipinski definition) is 3. The van der Waals surface area contributed by atoms with Crippen LogP contribution in [0.1, 0.15) is 38.9 Å². The first kappa shape index (κ1) is 16.5. The molecule has 20 heavy (non-hydrogen) atoms. The van der Waals surface area contributed by atoms with E-state index < -0.39 is 17.7 Å². The summed E-state index contributed by atoms with van der Waals surface area (Å²) in [5.74, 6) is -1.43. The Labute approximate surface area is 118 Å². The van der Waals surface area contributed by atoms with Crippen molar-refractivity contribution in [1.29, 1.82) is 5.26 Å². The second kappa shape index (κ2) is 6.78. The van der Waals surface area contributed by atoms with Crippen molar-refractivity contribution in [3.05, 3.63) is 35.4 Å². The van der Waals surface area contributed by atoms with Crippen LogP contribution in [0.25, 0.3) is 0 Å². The highest BCUT2D eigenvalue weighted by molar-refractivity contribution is 5.21. The van der Waals surface area contributed by atoms with Crippen LogP contribution in [-0.4, -0.2) is 28.6 Å². The van der Waals surface area contributed by atoms with Gasteiger partial charge in [-0.05, 0) is 26.8 Å². The van der Waals surface area contributed by atoms with Gasteiger partial charge in [0.25, 0.3) is 0 Å². The van der Waals surface area contributed by atoms with E-state index in [-0.39, 0.29) is 17.6 Å². The minimum Gasteiger partial charge on any atom is -0.387 e. The second-order valence-electron chi connectivity index (χ2n) is 5.71. The fraction of sp³-hybridized carbons (Fsp3) is 0.533. The van der Waals surface area contributed by atoms with Crippen molar-refractivity contribution >= 4 is 0 Å². The molecule has 0 saturated carbocycles. The molecule has 0 fully saturated rings. The van der Waals surface area contributed by atoms with E-state index in [0.717, 1.165) is 12.1 Å². The number of hydrogen-bond donors (Lipinski definition) is 1. The van der Waals surface area contributed by atoms with Gasteiger partial charge in [-0.25, -0.2) is 8.78 Å². The van der Waals surface area contributed by atoms with E-state index in [2.05, 4.69) is 6.07 Å². The van der Waals surface area contributed by atoms with Crippen LogP contribution in [-0.2, 0) is 0 Å². The van der Waals surface area contributed by atoms with Gasteiger partial charge >= 0.3 is 0 Å². The predicted octanol–water partition coefficient (Wildman–Crippen LogP) is 3.01. The molecule has 3 nitrogen and oxygen atoms in total. The summed E-state index contributed by atoms with van der Waals surface area (Å²) in [5, 5.41) is 18.8. The normalized spacial score (nSPS) is 13.3. The lowest BCUT2D eigenvalue weighted by molar-refractivity contribution is 0.0581. The van der Waals surface area contributed by atoms with E-state index in [9.17, 15) is 13.9 Å². The smallest absolute Gasteiger partial charge is 0.131 e. The lowest BCUT2D eigenvalue weighted by Crippen LogP contribution is -2.44. The summed E-state index contributed by atoms with van der Waals surface area (Å²) in [6, 6.07) is 5.19. The van der Waals surface area contributed by atoms with Crippen LogP contribution in [0.15, 0.2) is 18.2 Å². The average Bonchev–Trinajstić information content (AvgIpc) is 2.32. The van der Waals surface area contributed by atoms with Crippen molar-refractivity contribution < 1.29 is 13.9 Å². The topological polar surface area (TPSA) is 47.3 Å². The third kappa shape index (κ3) is 4.55. The maximum atomic E-state index is 13.6. The molecular formula is C15H20F2N2O.